The summed E-state index contributed by atoms with van der Waals surface area (Å²) in [6.45, 7) is 1.41. The largest absolute Gasteiger partial charge is 0.478 e. The van der Waals surface area contributed by atoms with E-state index in [0.29, 0.717) is 26.2 Å². The maximum absolute atomic E-state index is 12.6. The van der Waals surface area contributed by atoms with Gasteiger partial charge < -0.3 is 9.84 Å². The second-order valence-corrected chi connectivity index (χ2v) is 7.61. The molecule has 116 valence electrons. The number of carboxylic acid groups (broad SMARTS) is 1. The first-order chi connectivity index (χ1) is 9.84. The highest BCUT2D eigenvalue weighted by Crippen LogP contribution is 2.31. The van der Waals surface area contributed by atoms with Crippen LogP contribution in [0.2, 0.25) is 5.02 Å². The predicted molar refractivity (Wildman–Crippen MR) is 80.3 cm³/mol. The first-order valence-corrected chi connectivity index (χ1v) is 8.75. The molecule has 0 bridgehead atoms. The number of aromatic carboxylic acids is 1. The number of ether oxygens (including phenoxy) is 1. The zero-order valence-corrected chi connectivity index (χ0v) is 14.0. The van der Waals surface area contributed by atoms with Gasteiger partial charge in [-0.25, -0.2) is 13.2 Å². The van der Waals surface area contributed by atoms with Gasteiger partial charge in [0.2, 0.25) is 10.0 Å². The first kappa shape index (κ1) is 16.7. The Kier molecular flexibility index (Phi) is 5.26. The zero-order valence-electron chi connectivity index (χ0n) is 10.9. The monoisotopic (exact) mass is 397 g/mol. The van der Waals surface area contributed by atoms with Crippen LogP contribution in [0.15, 0.2) is 21.5 Å². The molecule has 1 heterocycles. The SMILES string of the molecule is O=C(O)c1cc(S(=O)(=O)N2CCCOCC2)cc(Br)c1Cl. The van der Waals surface area contributed by atoms with Crippen LogP contribution < -0.4 is 0 Å². The summed E-state index contributed by atoms with van der Waals surface area (Å²) in [6.07, 6.45) is 0.597. The number of hydrogen-bond acceptors (Lipinski definition) is 4. The lowest BCUT2D eigenvalue weighted by Crippen LogP contribution is -2.33. The second kappa shape index (κ2) is 6.62. The fourth-order valence-electron chi connectivity index (χ4n) is 1.98. The number of halogens is 2. The molecule has 0 unspecified atom stereocenters. The minimum atomic E-state index is -3.78. The first-order valence-electron chi connectivity index (χ1n) is 6.14. The molecule has 1 aliphatic heterocycles. The summed E-state index contributed by atoms with van der Waals surface area (Å²) in [4.78, 5) is 11.1. The Labute approximate surface area is 135 Å². The third kappa shape index (κ3) is 3.57. The van der Waals surface area contributed by atoms with Crippen molar-refractivity contribution in [3.8, 4) is 0 Å². The van der Waals surface area contributed by atoms with Gasteiger partial charge in [0.1, 0.15) is 0 Å². The van der Waals surface area contributed by atoms with Crippen molar-refractivity contribution in [2.45, 2.75) is 11.3 Å². The van der Waals surface area contributed by atoms with E-state index in [1.54, 1.807) is 0 Å². The van der Waals surface area contributed by atoms with E-state index >= 15 is 0 Å². The molecule has 1 aromatic carbocycles. The van der Waals surface area contributed by atoms with E-state index in [9.17, 15) is 13.2 Å². The Morgan fingerprint density at radius 1 is 1.33 bits per heavy atom. The summed E-state index contributed by atoms with van der Waals surface area (Å²) in [6, 6.07) is 2.40. The van der Waals surface area contributed by atoms with Crippen molar-refractivity contribution in [3.05, 3.63) is 27.2 Å². The number of hydrogen-bond donors (Lipinski definition) is 1. The summed E-state index contributed by atoms with van der Waals surface area (Å²) in [5.74, 6) is -1.28. The summed E-state index contributed by atoms with van der Waals surface area (Å²) >= 11 is 8.96. The number of benzene rings is 1. The molecule has 0 amide bonds. The van der Waals surface area contributed by atoms with Crippen LogP contribution >= 0.6 is 27.5 Å². The molecule has 2 rings (SSSR count). The van der Waals surface area contributed by atoms with Gasteiger partial charge in [-0.2, -0.15) is 4.31 Å². The molecule has 21 heavy (non-hydrogen) atoms. The van der Waals surface area contributed by atoms with Gasteiger partial charge in [-0.1, -0.05) is 11.6 Å². The molecule has 9 heteroatoms. The van der Waals surface area contributed by atoms with Crippen molar-refractivity contribution in [1.82, 2.24) is 4.31 Å². The van der Waals surface area contributed by atoms with Crippen molar-refractivity contribution >= 4 is 43.5 Å². The molecule has 0 aliphatic carbocycles. The molecular weight excluding hydrogens is 386 g/mol. The molecule has 6 nitrogen and oxygen atoms in total. The third-order valence-corrected chi connectivity index (χ3v) is 6.19. The lowest BCUT2D eigenvalue weighted by atomic mass is 10.2. The predicted octanol–water partition coefficient (Wildman–Crippen LogP) is 2.21. The van der Waals surface area contributed by atoms with Gasteiger partial charge in [-0.3, -0.25) is 0 Å². The highest BCUT2D eigenvalue weighted by Gasteiger charge is 2.27. The number of nitrogens with zero attached hydrogens (tertiary/aromatic N) is 1. The van der Waals surface area contributed by atoms with Crippen LogP contribution in [0.3, 0.4) is 0 Å². The Bertz CT molecular complexity index is 656. The normalized spacial score (nSPS) is 17.4. The molecule has 0 saturated carbocycles. The Hall–Kier alpha value is -0.670. The van der Waals surface area contributed by atoms with Crippen molar-refractivity contribution in [2.75, 3.05) is 26.3 Å². The van der Waals surface area contributed by atoms with Crippen molar-refractivity contribution in [3.63, 3.8) is 0 Å². The number of carboxylic acids is 1. The molecule has 1 aliphatic rings. The average Bonchev–Trinajstić information content (AvgIpc) is 2.70. The van der Waals surface area contributed by atoms with Crippen molar-refractivity contribution in [2.24, 2.45) is 0 Å². The van der Waals surface area contributed by atoms with Crippen LogP contribution in [0, 0.1) is 0 Å². The summed E-state index contributed by atoms with van der Waals surface area (Å²) in [7, 11) is -3.78. The van der Waals surface area contributed by atoms with Crippen LogP contribution in [0.4, 0.5) is 0 Å². The topological polar surface area (TPSA) is 83.9 Å². The minimum Gasteiger partial charge on any atom is -0.478 e. The summed E-state index contributed by atoms with van der Waals surface area (Å²) in [5.41, 5.74) is -0.254. The standard InChI is InChI=1S/C12H13BrClNO5S/c13-10-7-8(6-9(11(10)14)12(16)17)21(18,19)15-2-1-4-20-5-3-15/h6-7H,1-5H2,(H,16,17). The molecule has 0 radical (unpaired) electrons. The molecule has 1 aromatic rings. The van der Waals surface area contributed by atoms with Crippen LogP contribution in [0.25, 0.3) is 0 Å². The van der Waals surface area contributed by atoms with Crippen molar-refractivity contribution in [1.29, 1.82) is 0 Å². The van der Waals surface area contributed by atoms with Crippen molar-refractivity contribution < 1.29 is 23.1 Å². The van der Waals surface area contributed by atoms with E-state index < -0.39 is 16.0 Å². The van der Waals surface area contributed by atoms with Gasteiger partial charge in [0.25, 0.3) is 0 Å². The van der Waals surface area contributed by atoms with E-state index in [4.69, 9.17) is 21.4 Å². The highest BCUT2D eigenvalue weighted by molar-refractivity contribution is 9.10. The average molecular weight is 399 g/mol. The zero-order chi connectivity index (χ0) is 15.6. The maximum Gasteiger partial charge on any atom is 0.337 e. The molecular formula is C12H13BrClNO5S. The van der Waals surface area contributed by atoms with Crippen LogP contribution in [-0.2, 0) is 14.8 Å². The lowest BCUT2D eigenvalue weighted by molar-refractivity contribution is 0.0696. The van der Waals surface area contributed by atoms with E-state index in [1.807, 2.05) is 0 Å². The summed E-state index contributed by atoms with van der Waals surface area (Å²) in [5, 5.41) is 9.07. The van der Waals surface area contributed by atoms with Gasteiger partial charge in [0, 0.05) is 24.2 Å². The molecule has 0 aromatic heterocycles. The molecule has 1 N–H and O–H groups in total. The Morgan fingerprint density at radius 2 is 2.05 bits per heavy atom. The lowest BCUT2D eigenvalue weighted by Gasteiger charge is -2.20. The van der Waals surface area contributed by atoms with Gasteiger partial charge >= 0.3 is 5.97 Å². The molecule has 0 spiro atoms. The highest BCUT2D eigenvalue weighted by atomic mass is 79.9. The number of rotatable bonds is 3. The number of sulfonamides is 1. The van der Waals surface area contributed by atoms with Crippen LogP contribution in [0.1, 0.15) is 16.8 Å². The van der Waals surface area contributed by atoms with Gasteiger partial charge in [-0.05, 0) is 34.5 Å². The Balaban J connectivity index is 2.46. The van der Waals surface area contributed by atoms with E-state index in [2.05, 4.69) is 15.9 Å². The quantitative estimate of drug-likeness (QED) is 0.844. The van der Waals surface area contributed by atoms with Gasteiger partial charge in [0.15, 0.2) is 0 Å². The van der Waals surface area contributed by atoms with Crippen LogP contribution in [-0.4, -0.2) is 50.1 Å². The maximum atomic E-state index is 12.6. The summed E-state index contributed by atoms with van der Waals surface area (Å²) < 4.78 is 31.9. The fraction of sp³-hybridized carbons (Fsp3) is 0.417. The minimum absolute atomic E-state index is 0.0272. The van der Waals surface area contributed by atoms with Gasteiger partial charge in [0.05, 0.1) is 22.1 Å². The van der Waals surface area contributed by atoms with Gasteiger partial charge in [-0.15, -0.1) is 0 Å². The third-order valence-electron chi connectivity index (χ3n) is 3.05. The fourth-order valence-corrected chi connectivity index (χ4v) is 4.30. The molecule has 1 saturated heterocycles. The molecule has 0 atom stereocenters. The van der Waals surface area contributed by atoms with E-state index in [0.717, 1.165) is 6.07 Å². The number of carbonyl (C=O) groups is 1. The molecule has 1 fully saturated rings. The van der Waals surface area contributed by atoms with E-state index in [-0.39, 0.29) is 26.5 Å². The van der Waals surface area contributed by atoms with Crippen LogP contribution in [0.5, 0.6) is 0 Å². The Morgan fingerprint density at radius 3 is 2.71 bits per heavy atom. The smallest absolute Gasteiger partial charge is 0.337 e. The van der Waals surface area contributed by atoms with E-state index in [1.165, 1.54) is 10.4 Å². The second-order valence-electron chi connectivity index (χ2n) is 4.44.